The Morgan fingerprint density at radius 3 is 2.68 bits per heavy atom. The molecule has 2 atom stereocenters. The van der Waals surface area contributed by atoms with Gasteiger partial charge in [0, 0.05) is 42.9 Å². The van der Waals surface area contributed by atoms with Crippen LogP contribution in [0, 0.1) is 5.92 Å². The van der Waals surface area contributed by atoms with E-state index >= 15 is 0 Å². The number of rotatable bonds is 3. The van der Waals surface area contributed by atoms with Crippen molar-refractivity contribution in [2.45, 2.75) is 18.9 Å². The van der Waals surface area contributed by atoms with Crippen LogP contribution in [0.15, 0.2) is 59.4 Å². The minimum atomic E-state index is 0.113. The van der Waals surface area contributed by atoms with Gasteiger partial charge in [0.05, 0.1) is 12.8 Å². The molecule has 6 nitrogen and oxygen atoms in total. The average molecular weight is 374 g/mol. The summed E-state index contributed by atoms with van der Waals surface area (Å²) in [5.74, 6) is 2.50. The molecule has 0 N–H and O–H groups in total. The quantitative estimate of drug-likeness (QED) is 0.705. The first-order chi connectivity index (χ1) is 13.7. The van der Waals surface area contributed by atoms with Crippen molar-refractivity contribution >= 4 is 5.82 Å². The van der Waals surface area contributed by atoms with Gasteiger partial charge in [0.1, 0.15) is 5.75 Å². The lowest BCUT2D eigenvalue weighted by molar-refractivity contribution is 0.280. The van der Waals surface area contributed by atoms with Crippen LogP contribution in [0.25, 0.3) is 11.3 Å². The van der Waals surface area contributed by atoms with Gasteiger partial charge in [-0.3, -0.25) is 4.79 Å². The molecule has 0 radical (unpaired) electrons. The number of ether oxygens (including phenoxy) is 1. The van der Waals surface area contributed by atoms with Gasteiger partial charge in [-0.2, -0.15) is 0 Å². The fourth-order valence-corrected chi connectivity index (χ4v) is 4.58. The summed E-state index contributed by atoms with van der Waals surface area (Å²) in [6.45, 7) is 2.55. The van der Waals surface area contributed by atoms with Gasteiger partial charge in [-0.15, -0.1) is 10.2 Å². The monoisotopic (exact) mass is 374 g/mol. The normalized spacial score (nSPS) is 20.5. The van der Waals surface area contributed by atoms with Crippen molar-refractivity contribution in [3.63, 3.8) is 0 Å². The van der Waals surface area contributed by atoms with Gasteiger partial charge in [-0.25, -0.2) is 0 Å². The average Bonchev–Trinajstić information content (AvgIpc) is 2.74. The number of hydrogen-bond donors (Lipinski definition) is 0. The van der Waals surface area contributed by atoms with Crippen molar-refractivity contribution in [3.8, 4) is 17.0 Å². The number of pyridine rings is 1. The first-order valence-corrected chi connectivity index (χ1v) is 9.65. The van der Waals surface area contributed by atoms with Gasteiger partial charge >= 0.3 is 0 Å². The van der Waals surface area contributed by atoms with Crippen LogP contribution in [0.4, 0.5) is 5.82 Å². The van der Waals surface area contributed by atoms with E-state index in [-0.39, 0.29) is 5.56 Å². The molecule has 0 saturated carbocycles. The van der Waals surface area contributed by atoms with E-state index in [0.29, 0.717) is 11.8 Å². The number of piperidine rings is 1. The Balaban J connectivity index is 1.42. The smallest absolute Gasteiger partial charge is 0.250 e. The SMILES string of the molecule is COc1ccccc1-c1ccc(N2C[C@@H]3C[C@H](C2)c2cccc(=O)n2C3)nn1. The summed E-state index contributed by atoms with van der Waals surface area (Å²) in [5, 5.41) is 8.97. The highest BCUT2D eigenvalue weighted by atomic mass is 16.5. The van der Waals surface area contributed by atoms with E-state index in [1.54, 1.807) is 13.2 Å². The van der Waals surface area contributed by atoms with E-state index in [9.17, 15) is 4.79 Å². The van der Waals surface area contributed by atoms with E-state index in [4.69, 9.17) is 4.74 Å². The van der Waals surface area contributed by atoms with Crippen LogP contribution < -0.4 is 15.2 Å². The van der Waals surface area contributed by atoms with Crippen LogP contribution in [0.5, 0.6) is 5.75 Å². The molecular formula is C22H22N4O2. The molecule has 1 aromatic carbocycles. The summed E-state index contributed by atoms with van der Waals surface area (Å²) in [4.78, 5) is 14.5. The molecule has 28 heavy (non-hydrogen) atoms. The summed E-state index contributed by atoms with van der Waals surface area (Å²) in [6, 6.07) is 17.5. The molecule has 2 aromatic heterocycles. The topological polar surface area (TPSA) is 60.2 Å². The zero-order valence-corrected chi connectivity index (χ0v) is 15.8. The lowest BCUT2D eigenvalue weighted by Crippen LogP contribution is -2.47. The molecule has 3 aromatic rings. The largest absolute Gasteiger partial charge is 0.496 e. The second-order valence-corrected chi connectivity index (χ2v) is 7.58. The molecule has 142 valence electrons. The van der Waals surface area contributed by atoms with Gasteiger partial charge in [-0.05, 0) is 42.7 Å². The Bertz CT molecular complexity index is 1060. The number of fused-ring (bicyclic) bond motifs is 4. The molecule has 4 heterocycles. The molecule has 6 heteroatoms. The van der Waals surface area contributed by atoms with Gasteiger partial charge in [0.25, 0.3) is 5.56 Å². The van der Waals surface area contributed by atoms with E-state index < -0.39 is 0 Å². The fourth-order valence-electron chi connectivity index (χ4n) is 4.58. The predicted molar refractivity (Wildman–Crippen MR) is 108 cm³/mol. The highest BCUT2D eigenvalue weighted by molar-refractivity contribution is 5.67. The van der Waals surface area contributed by atoms with Gasteiger partial charge in [0.2, 0.25) is 0 Å². The minimum Gasteiger partial charge on any atom is -0.496 e. The molecule has 5 rings (SSSR count). The van der Waals surface area contributed by atoms with E-state index in [2.05, 4.69) is 21.2 Å². The zero-order valence-electron chi connectivity index (χ0n) is 15.8. The Morgan fingerprint density at radius 1 is 0.964 bits per heavy atom. The van der Waals surface area contributed by atoms with Crippen LogP contribution in [0.2, 0.25) is 0 Å². The Kier molecular flexibility index (Phi) is 4.11. The standard InChI is InChI=1S/C22H22N4O2/c1-28-20-7-3-2-5-17(20)18-9-10-21(24-23-18)25-12-15-11-16(14-25)19-6-4-8-22(27)26(19)13-15/h2-10,15-16H,11-14H2,1H3/t15-,16+/m0/s1. The van der Waals surface area contributed by atoms with Crippen LogP contribution in [-0.4, -0.2) is 35.0 Å². The highest BCUT2D eigenvalue weighted by Crippen LogP contribution is 2.36. The summed E-state index contributed by atoms with van der Waals surface area (Å²) >= 11 is 0. The molecule has 0 spiro atoms. The van der Waals surface area contributed by atoms with E-state index in [1.165, 1.54) is 0 Å². The summed E-state index contributed by atoms with van der Waals surface area (Å²) in [5.41, 5.74) is 3.00. The van der Waals surface area contributed by atoms with Crippen LogP contribution in [0.3, 0.4) is 0 Å². The minimum absolute atomic E-state index is 0.113. The maximum Gasteiger partial charge on any atom is 0.250 e. The van der Waals surface area contributed by atoms with Crippen molar-refractivity contribution in [1.82, 2.24) is 14.8 Å². The second-order valence-electron chi connectivity index (χ2n) is 7.58. The van der Waals surface area contributed by atoms with Crippen molar-refractivity contribution < 1.29 is 4.74 Å². The van der Waals surface area contributed by atoms with E-state index in [0.717, 1.165) is 54.6 Å². The van der Waals surface area contributed by atoms with Gasteiger partial charge in [0.15, 0.2) is 5.82 Å². The van der Waals surface area contributed by atoms with Crippen molar-refractivity contribution in [2.75, 3.05) is 25.1 Å². The molecule has 0 unspecified atom stereocenters. The molecule has 2 aliphatic rings. The number of nitrogens with zero attached hydrogens (tertiary/aromatic N) is 4. The van der Waals surface area contributed by atoms with E-state index in [1.807, 2.05) is 47.0 Å². The molecule has 0 aliphatic carbocycles. The van der Waals surface area contributed by atoms with Crippen molar-refractivity contribution in [1.29, 1.82) is 0 Å². The van der Waals surface area contributed by atoms with Crippen LogP contribution >= 0.6 is 0 Å². The first-order valence-electron chi connectivity index (χ1n) is 9.65. The summed E-state index contributed by atoms with van der Waals surface area (Å²) in [7, 11) is 1.66. The summed E-state index contributed by atoms with van der Waals surface area (Å²) in [6.07, 6.45) is 1.13. The number of anilines is 1. The number of para-hydroxylation sites is 1. The predicted octanol–water partition coefficient (Wildman–Crippen LogP) is 2.94. The number of methoxy groups -OCH3 is 1. The van der Waals surface area contributed by atoms with Crippen LogP contribution in [-0.2, 0) is 6.54 Å². The van der Waals surface area contributed by atoms with Gasteiger partial charge in [-0.1, -0.05) is 18.2 Å². The molecule has 1 saturated heterocycles. The number of aromatic nitrogens is 3. The van der Waals surface area contributed by atoms with Crippen molar-refractivity contribution in [2.24, 2.45) is 5.92 Å². The number of benzene rings is 1. The number of hydrogen-bond acceptors (Lipinski definition) is 5. The third-order valence-electron chi connectivity index (χ3n) is 5.84. The third kappa shape index (κ3) is 2.85. The maximum atomic E-state index is 12.2. The molecule has 2 bridgehead atoms. The lowest BCUT2D eigenvalue weighted by atomic mass is 9.83. The molecule has 0 amide bonds. The fraction of sp³-hybridized carbons (Fsp3) is 0.318. The highest BCUT2D eigenvalue weighted by Gasteiger charge is 2.35. The Labute approximate surface area is 163 Å². The Hall–Kier alpha value is -3.15. The second kappa shape index (κ2) is 6.78. The van der Waals surface area contributed by atoms with Crippen molar-refractivity contribution in [3.05, 3.63) is 70.6 Å². The van der Waals surface area contributed by atoms with Crippen LogP contribution in [0.1, 0.15) is 18.0 Å². The lowest BCUT2D eigenvalue weighted by Gasteiger charge is -2.43. The summed E-state index contributed by atoms with van der Waals surface area (Å²) < 4.78 is 7.38. The Morgan fingerprint density at radius 2 is 1.86 bits per heavy atom. The molecule has 1 fully saturated rings. The third-order valence-corrected chi connectivity index (χ3v) is 5.84. The first kappa shape index (κ1) is 17.0. The maximum absolute atomic E-state index is 12.2. The van der Waals surface area contributed by atoms with Gasteiger partial charge < -0.3 is 14.2 Å². The zero-order chi connectivity index (χ0) is 19.1. The molecular weight excluding hydrogens is 352 g/mol. The molecule has 2 aliphatic heterocycles.